The zero-order chi connectivity index (χ0) is 16.5. The van der Waals surface area contributed by atoms with Gasteiger partial charge in [0.25, 0.3) is 5.56 Å². The highest BCUT2D eigenvalue weighted by Crippen LogP contribution is 2.15. The smallest absolute Gasteiger partial charge is 0.263 e. The van der Waals surface area contributed by atoms with Gasteiger partial charge >= 0.3 is 0 Å². The minimum absolute atomic E-state index is 0.160. The molecule has 0 radical (unpaired) electrons. The molecule has 1 fully saturated rings. The summed E-state index contributed by atoms with van der Waals surface area (Å²) in [6, 6.07) is 7.95. The van der Waals surface area contributed by atoms with Gasteiger partial charge in [-0.15, -0.1) is 0 Å². The maximum atomic E-state index is 12.0. The molecule has 0 amide bonds. The molecule has 7 nitrogen and oxygen atoms in total. The van der Waals surface area contributed by atoms with Crippen LogP contribution in [-0.2, 0) is 6.54 Å². The molecule has 124 valence electrons. The topological polar surface area (TPSA) is 80.9 Å². The fourth-order valence-corrected chi connectivity index (χ4v) is 3.08. The van der Waals surface area contributed by atoms with E-state index in [0.29, 0.717) is 17.0 Å². The number of nitrogens with zero attached hydrogens (tertiary/aromatic N) is 4. The minimum Gasteiger partial charge on any atom is -0.340 e. The van der Waals surface area contributed by atoms with E-state index in [4.69, 9.17) is 11.6 Å². The van der Waals surface area contributed by atoms with Crippen LogP contribution < -0.4 is 10.5 Å². The molecule has 3 aromatic rings. The maximum absolute atomic E-state index is 12.0. The van der Waals surface area contributed by atoms with Crippen LogP contribution in [0.2, 0.25) is 5.02 Å². The highest BCUT2D eigenvalue weighted by Gasteiger charge is 2.19. The van der Waals surface area contributed by atoms with E-state index in [2.05, 4.69) is 42.1 Å². The number of piperazine rings is 1. The Morgan fingerprint density at radius 1 is 1.12 bits per heavy atom. The van der Waals surface area contributed by atoms with Crippen molar-refractivity contribution in [3.63, 3.8) is 0 Å². The standard InChI is InChI=1S/C16H17ClN6O/c17-12-3-1-11(2-4-12)10-22-5-7-23(8-6-22)16-19-14-13(9-18-21-14)15(24)20-16/h1-4,9H,5-8,10H2,(H2,18,19,20,21,24). The van der Waals surface area contributed by atoms with Gasteiger partial charge in [0, 0.05) is 37.7 Å². The van der Waals surface area contributed by atoms with Crippen molar-refractivity contribution < 1.29 is 0 Å². The molecule has 0 aliphatic carbocycles. The first-order chi connectivity index (χ1) is 11.7. The van der Waals surface area contributed by atoms with Crippen LogP contribution >= 0.6 is 11.6 Å². The van der Waals surface area contributed by atoms with Crippen LogP contribution in [0.5, 0.6) is 0 Å². The molecular weight excluding hydrogens is 328 g/mol. The van der Waals surface area contributed by atoms with Crippen LogP contribution in [0.4, 0.5) is 5.95 Å². The second-order valence-electron chi connectivity index (χ2n) is 5.91. The summed E-state index contributed by atoms with van der Waals surface area (Å²) < 4.78 is 0. The Hall–Kier alpha value is -2.38. The van der Waals surface area contributed by atoms with Crippen molar-refractivity contribution in [2.45, 2.75) is 6.54 Å². The van der Waals surface area contributed by atoms with Crippen LogP contribution in [-0.4, -0.2) is 51.2 Å². The highest BCUT2D eigenvalue weighted by atomic mass is 35.5. The summed E-state index contributed by atoms with van der Waals surface area (Å²) >= 11 is 5.92. The molecule has 2 N–H and O–H groups in total. The quantitative estimate of drug-likeness (QED) is 0.754. The summed E-state index contributed by atoms with van der Waals surface area (Å²) in [5.41, 5.74) is 1.61. The van der Waals surface area contributed by atoms with E-state index in [1.165, 1.54) is 11.8 Å². The first-order valence-corrected chi connectivity index (χ1v) is 8.22. The Balaban J connectivity index is 1.43. The molecule has 1 saturated heterocycles. The first kappa shape index (κ1) is 15.2. The van der Waals surface area contributed by atoms with Gasteiger partial charge in [0.1, 0.15) is 5.39 Å². The predicted octanol–water partition coefficient (Wildman–Crippen LogP) is 1.62. The van der Waals surface area contributed by atoms with E-state index in [0.717, 1.165) is 37.7 Å². The van der Waals surface area contributed by atoms with Crippen molar-refractivity contribution in [3.05, 3.63) is 51.4 Å². The molecular formula is C16H17ClN6O. The Labute approximate surface area is 143 Å². The van der Waals surface area contributed by atoms with Crippen LogP contribution in [0.15, 0.2) is 35.3 Å². The van der Waals surface area contributed by atoms with E-state index in [9.17, 15) is 4.79 Å². The number of aromatic nitrogens is 4. The van der Waals surface area contributed by atoms with Gasteiger partial charge in [0.05, 0.1) is 6.20 Å². The Morgan fingerprint density at radius 3 is 2.62 bits per heavy atom. The van der Waals surface area contributed by atoms with Gasteiger partial charge in [-0.2, -0.15) is 10.1 Å². The number of H-pyrrole nitrogens is 2. The van der Waals surface area contributed by atoms with E-state index < -0.39 is 0 Å². The average molecular weight is 345 g/mol. The number of benzene rings is 1. The molecule has 4 rings (SSSR count). The van der Waals surface area contributed by atoms with Crippen LogP contribution in [0, 0.1) is 0 Å². The van der Waals surface area contributed by atoms with E-state index in [-0.39, 0.29) is 5.56 Å². The zero-order valence-corrected chi connectivity index (χ0v) is 13.8. The number of aromatic amines is 2. The van der Waals surface area contributed by atoms with Crippen molar-refractivity contribution >= 4 is 28.6 Å². The Morgan fingerprint density at radius 2 is 1.88 bits per heavy atom. The lowest BCUT2D eigenvalue weighted by Gasteiger charge is -2.34. The van der Waals surface area contributed by atoms with Crippen molar-refractivity contribution in [2.24, 2.45) is 0 Å². The lowest BCUT2D eigenvalue weighted by Crippen LogP contribution is -2.46. The van der Waals surface area contributed by atoms with Gasteiger partial charge in [-0.05, 0) is 17.7 Å². The van der Waals surface area contributed by atoms with E-state index in [1.807, 2.05) is 12.1 Å². The van der Waals surface area contributed by atoms with Crippen molar-refractivity contribution in [2.75, 3.05) is 31.1 Å². The van der Waals surface area contributed by atoms with E-state index >= 15 is 0 Å². The number of hydrogen-bond acceptors (Lipinski definition) is 5. The lowest BCUT2D eigenvalue weighted by atomic mass is 10.2. The average Bonchev–Trinajstić information content (AvgIpc) is 3.07. The minimum atomic E-state index is -0.160. The highest BCUT2D eigenvalue weighted by molar-refractivity contribution is 6.30. The first-order valence-electron chi connectivity index (χ1n) is 7.84. The number of hydrogen-bond donors (Lipinski definition) is 2. The fraction of sp³-hybridized carbons (Fsp3) is 0.312. The van der Waals surface area contributed by atoms with Crippen molar-refractivity contribution in [3.8, 4) is 0 Å². The largest absolute Gasteiger partial charge is 0.340 e. The number of anilines is 1. The number of fused-ring (bicyclic) bond motifs is 1. The summed E-state index contributed by atoms with van der Waals surface area (Å²) in [5.74, 6) is 0.600. The molecule has 0 bridgehead atoms. The Bertz CT molecular complexity index is 895. The van der Waals surface area contributed by atoms with Gasteiger partial charge in [0.2, 0.25) is 5.95 Å². The van der Waals surface area contributed by atoms with Gasteiger partial charge in [0.15, 0.2) is 5.65 Å². The van der Waals surface area contributed by atoms with Crippen LogP contribution in [0.3, 0.4) is 0 Å². The van der Waals surface area contributed by atoms with Crippen LogP contribution in [0.25, 0.3) is 11.0 Å². The lowest BCUT2D eigenvalue weighted by molar-refractivity contribution is 0.248. The Kier molecular flexibility index (Phi) is 3.95. The molecule has 0 atom stereocenters. The third kappa shape index (κ3) is 3.00. The molecule has 0 unspecified atom stereocenters. The number of rotatable bonds is 3. The SMILES string of the molecule is O=c1[nH]c(N2CCN(Cc3ccc(Cl)cc3)CC2)nc2[nH]ncc12. The van der Waals surface area contributed by atoms with Crippen LogP contribution in [0.1, 0.15) is 5.56 Å². The maximum Gasteiger partial charge on any atom is 0.263 e. The van der Waals surface area contributed by atoms with Gasteiger partial charge < -0.3 is 4.90 Å². The molecule has 8 heteroatoms. The molecule has 3 heterocycles. The molecule has 1 aliphatic heterocycles. The summed E-state index contributed by atoms with van der Waals surface area (Å²) in [6.07, 6.45) is 1.50. The van der Waals surface area contributed by atoms with Gasteiger partial charge in [-0.3, -0.25) is 19.8 Å². The number of nitrogens with one attached hydrogen (secondary N) is 2. The van der Waals surface area contributed by atoms with Crippen molar-refractivity contribution in [1.82, 2.24) is 25.1 Å². The van der Waals surface area contributed by atoms with Gasteiger partial charge in [-0.25, -0.2) is 0 Å². The van der Waals surface area contributed by atoms with Gasteiger partial charge in [-0.1, -0.05) is 23.7 Å². The fourth-order valence-electron chi connectivity index (χ4n) is 2.95. The summed E-state index contributed by atoms with van der Waals surface area (Å²) in [6.45, 7) is 4.35. The molecule has 1 aliphatic rings. The molecule has 24 heavy (non-hydrogen) atoms. The zero-order valence-electron chi connectivity index (χ0n) is 13.0. The monoisotopic (exact) mass is 344 g/mol. The third-order valence-corrected chi connectivity index (χ3v) is 4.55. The summed E-state index contributed by atoms with van der Waals surface area (Å²) in [7, 11) is 0. The molecule has 2 aromatic heterocycles. The molecule has 1 aromatic carbocycles. The van der Waals surface area contributed by atoms with E-state index in [1.54, 1.807) is 0 Å². The predicted molar refractivity (Wildman–Crippen MR) is 93.5 cm³/mol. The summed E-state index contributed by atoms with van der Waals surface area (Å²) in [4.78, 5) is 23.8. The molecule has 0 saturated carbocycles. The third-order valence-electron chi connectivity index (χ3n) is 4.30. The normalized spacial score (nSPS) is 16.0. The molecule has 0 spiro atoms. The second kappa shape index (κ2) is 6.26. The number of halogens is 1. The van der Waals surface area contributed by atoms with Crippen molar-refractivity contribution in [1.29, 1.82) is 0 Å². The second-order valence-corrected chi connectivity index (χ2v) is 6.35. The summed E-state index contributed by atoms with van der Waals surface area (Å²) in [5, 5.41) is 7.87.